The Kier molecular flexibility index (Phi) is 3.00. The summed E-state index contributed by atoms with van der Waals surface area (Å²) < 4.78 is 0. The maximum Gasteiger partial charge on any atom is 0.0661 e. The second-order valence-electron chi connectivity index (χ2n) is 5.09. The van der Waals surface area contributed by atoms with Crippen LogP contribution in [0.1, 0.15) is 16.5 Å². The largest absolute Gasteiger partial charge is 0.355 e. The molecular weight excluding hydrogens is 300 g/mol. The third kappa shape index (κ3) is 2.05. The highest BCUT2D eigenvalue weighted by molar-refractivity contribution is 7.10. The van der Waals surface area contributed by atoms with Gasteiger partial charge >= 0.3 is 0 Å². The van der Waals surface area contributed by atoms with E-state index in [0.717, 1.165) is 26.5 Å². The van der Waals surface area contributed by atoms with Crippen molar-refractivity contribution >= 4 is 44.7 Å². The fourth-order valence-corrected chi connectivity index (χ4v) is 3.94. The molecule has 0 aliphatic rings. The molecule has 21 heavy (non-hydrogen) atoms. The number of H-pyrrole nitrogens is 1. The van der Waals surface area contributed by atoms with E-state index in [-0.39, 0.29) is 6.04 Å². The maximum absolute atomic E-state index is 6.38. The molecule has 4 heteroatoms. The van der Waals surface area contributed by atoms with Crippen LogP contribution in [0.25, 0.3) is 21.8 Å². The van der Waals surface area contributed by atoms with Gasteiger partial charge in [-0.15, -0.1) is 11.3 Å². The van der Waals surface area contributed by atoms with E-state index in [1.807, 2.05) is 17.5 Å². The van der Waals surface area contributed by atoms with Crippen molar-refractivity contribution in [3.63, 3.8) is 0 Å². The summed E-state index contributed by atoms with van der Waals surface area (Å²) in [6.07, 6.45) is 0. The highest BCUT2D eigenvalue weighted by Crippen LogP contribution is 2.34. The lowest BCUT2D eigenvalue weighted by molar-refractivity contribution is 0.896. The van der Waals surface area contributed by atoms with Crippen LogP contribution in [-0.4, -0.2) is 4.98 Å². The third-order valence-electron chi connectivity index (χ3n) is 3.82. The molecule has 2 aromatic heterocycles. The number of para-hydroxylation sites is 1. The molecule has 0 aliphatic heterocycles. The summed E-state index contributed by atoms with van der Waals surface area (Å²) in [5.74, 6) is 0. The molecule has 0 saturated carbocycles. The van der Waals surface area contributed by atoms with Gasteiger partial charge in [-0.2, -0.15) is 0 Å². The number of halogens is 1. The first-order chi connectivity index (χ1) is 10.2. The molecule has 0 bridgehead atoms. The Hall–Kier alpha value is -1.81. The number of thiophene rings is 1. The summed E-state index contributed by atoms with van der Waals surface area (Å²) in [7, 11) is 0. The molecule has 0 aliphatic carbocycles. The van der Waals surface area contributed by atoms with Crippen molar-refractivity contribution in [1.29, 1.82) is 0 Å². The fraction of sp³-hybridized carbons (Fsp3) is 0.0588. The molecule has 0 fully saturated rings. The van der Waals surface area contributed by atoms with Crippen LogP contribution >= 0.6 is 22.9 Å². The Bertz CT molecular complexity index is 938. The molecule has 104 valence electrons. The summed E-state index contributed by atoms with van der Waals surface area (Å²) in [5.41, 5.74) is 9.74. The standard InChI is InChI=1S/C17H13ClN2S/c18-13-7-8-21-17(13)16(19)10-5-6-15-12(9-10)11-3-1-2-4-14(11)20-15/h1-9,16,20H,19H2. The SMILES string of the molecule is NC(c1ccc2[nH]c3ccccc3c2c1)c1sccc1Cl. The Morgan fingerprint density at radius 2 is 1.81 bits per heavy atom. The minimum absolute atomic E-state index is 0.185. The van der Waals surface area contributed by atoms with Crippen LogP contribution < -0.4 is 5.73 Å². The van der Waals surface area contributed by atoms with Crippen molar-refractivity contribution in [1.82, 2.24) is 4.98 Å². The number of nitrogens with two attached hydrogens (primary N) is 1. The summed E-state index contributed by atoms with van der Waals surface area (Å²) in [4.78, 5) is 4.44. The van der Waals surface area contributed by atoms with Gasteiger partial charge in [0.2, 0.25) is 0 Å². The highest BCUT2D eigenvalue weighted by atomic mass is 35.5. The maximum atomic E-state index is 6.38. The average Bonchev–Trinajstić information content (AvgIpc) is 3.09. The van der Waals surface area contributed by atoms with Gasteiger partial charge in [-0.3, -0.25) is 0 Å². The molecular formula is C17H13ClN2S. The van der Waals surface area contributed by atoms with Crippen molar-refractivity contribution in [2.75, 3.05) is 0 Å². The Morgan fingerprint density at radius 1 is 1.00 bits per heavy atom. The summed E-state index contributed by atoms with van der Waals surface area (Å²) in [6.45, 7) is 0. The van der Waals surface area contributed by atoms with E-state index in [9.17, 15) is 0 Å². The highest BCUT2D eigenvalue weighted by Gasteiger charge is 2.15. The lowest BCUT2D eigenvalue weighted by atomic mass is 10.0. The van der Waals surface area contributed by atoms with E-state index < -0.39 is 0 Å². The Morgan fingerprint density at radius 3 is 2.62 bits per heavy atom. The van der Waals surface area contributed by atoms with E-state index in [1.54, 1.807) is 11.3 Å². The zero-order chi connectivity index (χ0) is 14.4. The first kappa shape index (κ1) is 12.9. The molecule has 0 radical (unpaired) electrons. The zero-order valence-electron chi connectivity index (χ0n) is 11.1. The molecule has 0 saturated heterocycles. The van der Waals surface area contributed by atoms with Gasteiger partial charge in [-0.1, -0.05) is 35.9 Å². The van der Waals surface area contributed by atoms with Crippen molar-refractivity contribution in [3.8, 4) is 0 Å². The quantitative estimate of drug-likeness (QED) is 0.532. The third-order valence-corrected chi connectivity index (χ3v) is 5.26. The zero-order valence-corrected chi connectivity index (χ0v) is 12.7. The molecule has 2 heterocycles. The monoisotopic (exact) mass is 312 g/mol. The van der Waals surface area contributed by atoms with Crippen molar-refractivity contribution in [2.45, 2.75) is 6.04 Å². The first-order valence-electron chi connectivity index (χ1n) is 6.73. The van der Waals surface area contributed by atoms with Crippen LogP contribution in [0.5, 0.6) is 0 Å². The number of hydrogen-bond acceptors (Lipinski definition) is 2. The number of nitrogens with one attached hydrogen (secondary N) is 1. The lowest BCUT2D eigenvalue weighted by Crippen LogP contribution is -2.10. The van der Waals surface area contributed by atoms with Crippen LogP contribution in [0.15, 0.2) is 53.9 Å². The number of aromatic nitrogens is 1. The number of fused-ring (bicyclic) bond motifs is 3. The molecule has 1 atom stereocenters. The van der Waals surface area contributed by atoms with Gasteiger partial charge in [0.05, 0.1) is 11.1 Å². The van der Waals surface area contributed by atoms with Gasteiger partial charge in [0.1, 0.15) is 0 Å². The van der Waals surface area contributed by atoms with Crippen molar-refractivity contribution in [3.05, 3.63) is 69.4 Å². The first-order valence-corrected chi connectivity index (χ1v) is 7.98. The number of hydrogen-bond donors (Lipinski definition) is 2. The second kappa shape index (κ2) is 4.88. The minimum Gasteiger partial charge on any atom is -0.355 e. The number of benzene rings is 2. The van der Waals surface area contributed by atoms with Gasteiger partial charge in [-0.05, 0) is 35.2 Å². The van der Waals surface area contributed by atoms with Crippen LogP contribution in [0.4, 0.5) is 0 Å². The molecule has 4 rings (SSSR count). The van der Waals surface area contributed by atoms with Gasteiger partial charge in [0, 0.05) is 26.7 Å². The number of rotatable bonds is 2. The van der Waals surface area contributed by atoms with E-state index in [4.69, 9.17) is 17.3 Å². The summed E-state index contributed by atoms with van der Waals surface area (Å²) in [5, 5.41) is 5.14. The van der Waals surface area contributed by atoms with Gasteiger partial charge in [-0.25, -0.2) is 0 Å². The van der Waals surface area contributed by atoms with Crippen molar-refractivity contribution in [2.24, 2.45) is 5.73 Å². The van der Waals surface area contributed by atoms with E-state index >= 15 is 0 Å². The summed E-state index contributed by atoms with van der Waals surface area (Å²) >= 11 is 7.80. The van der Waals surface area contributed by atoms with Gasteiger partial charge in [0.15, 0.2) is 0 Å². The molecule has 1 unspecified atom stereocenters. The summed E-state index contributed by atoms with van der Waals surface area (Å²) in [6, 6.07) is 16.3. The Labute approximate surface area is 131 Å². The van der Waals surface area contributed by atoms with Gasteiger partial charge in [0.25, 0.3) is 0 Å². The Balaban J connectivity index is 1.90. The lowest BCUT2D eigenvalue weighted by Gasteiger charge is -2.11. The van der Waals surface area contributed by atoms with Crippen LogP contribution in [0, 0.1) is 0 Å². The number of aromatic amines is 1. The topological polar surface area (TPSA) is 41.8 Å². The predicted octanol–water partition coefficient (Wildman–Crippen LogP) is 5.08. The molecule has 4 aromatic rings. The normalized spacial score (nSPS) is 13.0. The molecule has 0 amide bonds. The molecule has 2 nitrogen and oxygen atoms in total. The fourth-order valence-electron chi connectivity index (χ4n) is 2.74. The molecule has 3 N–H and O–H groups in total. The van der Waals surface area contributed by atoms with E-state index in [0.29, 0.717) is 0 Å². The molecule has 2 aromatic carbocycles. The van der Waals surface area contributed by atoms with E-state index in [1.165, 1.54) is 10.8 Å². The van der Waals surface area contributed by atoms with Crippen LogP contribution in [0.2, 0.25) is 5.02 Å². The second-order valence-corrected chi connectivity index (χ2v) is 6.44. The van der Waals surface area contributed by atoms with E-state index in [2.05, 4.69) is 41.4 Å². The molecule has 0 spiro atoms. The van der Waals surface area contributed by atoms with Crippen LogP contribution in [0.3, 0.4) is 0 Å². The smallest absolute Gasteiger partial charge is 0.0661 e. The van der Waals surface area contributed by atoms with Gasteiger partial charge < -0.3 is 10.7 Å². The van der Waals surface area contributed by atoms with Crippen LogP contribution in [-0.2, 0) is 0 Å². The minimum atomic E-state index is -0.185. The van der Waals surface area contributed by atoms with Crippen molar-refractivity contribution < 1.29 is 0 Å². The average molecular weight is 313 g/mol. The predicted molar refractivity (Wildman–Crippen MR) is 91.2 cm³/mol.